The number of rotatable bonds is 12. The van der Waals surface area contributed by atoms with Crippen LogP contribution in [0.15, 0.2) is 48.5 Å². The van der Waals surface area contributed by atoms with Crippen LogP contribution in [0, 0.1) is 19.8 Å². The molecule has 0 saturated heterocycles. The second kappa shape index (κ2) is 12.7. The SMILES string of the molecule is Cc1ccc(N(CCCC(=O)N(Cc2cccc(C)c2)C(C)C(=O)NCC(C)C)S(C)(=O)=O)cc1. The van der Waals surface area contributed by atoms with E-state index >= 15 is 0 Å². The summed E-state index contributed by atoms with van der Waals surface area (Å²) in [5.74, 6) is -0.0796. The molecule has 2 rings (SSSR count). The van der Waals surface area contributed by atoms with Crippen LogP contribution in [0.5, 0.6) is 0 Å². The van der Waals surface area contributed by atoms with Gasteiger partial charge >= 0.3 is 0 Å². The standard InChI is InChI=1S/C27H39N3O4S/c1-20(2)18-28-27(32)23(5)29(19-24-10-7-9-22(4)17-24)26(31)11-8-16-30(35(6,33)34)25-14-12-21(3)13-15-25/h7,9-10,12-15,17,20,23H,8,11,16,18-19H2,1-6H3,(H,28,32). The van der Waals surface area contributed by atoms with Crippen LogP contribution in [0.2, 0.25) is 0 Å². The number of carbonyl (C=O) groups is 2. The molecule has 1 atom stereocenters. The molecule has 2 aromatic carbocycles. The van der Waals surface area contributed by atoms with Gasteiger partial charge in [-0.15, -0.1) is 0 Å². The summed E-state index contributed by atoms with van der Waals surface area (Å²) < 4.78 is 26.1. The number of nitrogens with one attached hydrogen (secondary N) is 1. The number of amides is 2. The van der Waals surface area contributed by atoms with Gasteiger partial charge in [-0.05, 0) is 50.8 Å². The van der Waals surface area contributed by atoms with E-state index in [0.29, 0.717) is 31.1 Å². The molecule has 2 amide bonds. The van der Waals surface area contributed by atoms with Crippen LogP contribution in [-0.4, -0.2) is 50.5 Å². The maximum Gasteiger partial charge on any atom is 0.242 e. The Bertz CT molecular complexity index is 1100. The lowest BCUT2D eigenvalue weighted by Gasteiger charge is -2.30. The maximum absolute atomic E-state index is 13.3. The van der Waals surface area contributed by atoms with Crippen LogP contribution in [0.4, 0.5) is 5.69 Å². The van der Waals surface area contributed by atoms with Gasteiger partial charge < -0.3 is 10.2 Å². The number of anilines is 1. The quantitative estimate of drug-likeness (QED) is 0.476. The molecule has 7 nitrogen and oxygen atoms in total. The highest BCUT2D eigenvalue weighted by molar-refractivity contribution is 7.92. The summed E-state index contributed by atoms with van der Waals surface area (Å²) in [5, 5.41) is 2.91. The molecule has 1 unspecified atom stereocenters. The first-order valence-corrected chi connectivity index (χ1v) is 13.9. The van der Waals surface area contributed by atoms with Crippen molar-refractivity contribution in [2.45, 2.75) is 60.0 Å². The highest BCUT2D eigenvalue weighted by Crippen LogP contribution is 2.20. The van der Waals surface area contributed by atoms with Crippen molar-refractivity contribution in [2.24, 2.45) is 5.92 Å². The van der Waals surface area contributed by atoms with Crippen molar-refractivity contribution in [1.82, 2.24) is 10.2 Å². The normalized spacial score (nSPS) is 12.3. The van der Waals surface area contributed by atoms with E-state index < -0.39 is 16.1 Å². The molecule has 8 heteroatoms. The number of hydrogen-bond acceptors (Lipinski definition) is 4. The van der Waals surface area contributed by atoms with Gasteiger partial charge in [0.25, 0.3) is 0 Å². The summed E-state index contributed by atoms with van der Waals surface area (Å²) in [6.07, 6.45) is 1.63. The van der Waals surface area contributed by atoms with Gasteiger partial charge in [0, 0.05) is 26.1 Å². The van der Waals surface area contributed by atoms with Crippen LogP contribution in [-0.2, 0) is 26.2 Å². The second-order valence-corrected chi connectivity index (χ2v) is 11.5. The predicted molar refractivity (Wildman–Crippen MR) is 142 cm³/mol. The third-order valence-electron chi connectivity index (χ3n) is 5.76. The highest BCUT2D eigenvalue weighted by atomic mass is 32.2. The van der Waals surface area contributed by atoms with Crippen molar-refractivity contribution in [2.75, 3.05) is 23.7 Å². The average molecular weight is 502 g/mol. The fourth-order valence-electron chi connectivity index (χ4n) is 3.76. The van der Waals surface area contributed by atoms with Gasteiger partial charge in [0.1, 0.15) is 6.04 Å². The largest absolute Gasteiger partial charge is 0.354 e. The maximum atomic E-state index is 13.3. The minimum atomic E-state index is -3.50. The van der Waals surface area contributed by atoms with E-state index in [9.17, 15) is 18.0 Å². The van der Waals surface area contributed by atoms with E-state index in [1.807, 2.05) is 64.1 Å². The lowest BCUT2D eigenvalue weighted by atomic mass is 10.1. The topological polar surface area (TPSA) is 86.8 Å². The molecule has 0 radical (unpaired) electrons. The van der Waals surface area contributed by atoms with E-state index in [1.165, 1.54) is 10.6 Å². The van der Waals surface area contributed by atoms with Crippen molar-refractivity contribution < 1.29 is 18.0 Å². The molecule has 0 spiro atoms. The molecule has 192 valence electrons. The molecular weight excluding hydrogens is 462 g/mol. The van der Waals surface area contributed by atoms with Crippen LogP contribution < -0.4 is 9.62 Å². The first-order chi connectivity index (χ1) is 16.4. The zero-order chi connectivity index (χ0) is 26.2. The Hall–Kier alpha value is -2.87. The summed E-state index contributed by atoms with van der Waals surface area (Å²) in [4.78, 5) is 27.7. The molecular formula is C27H39N3O4S. The molecule has 0 saturated carbocycles. The minimum Gasteiger partial charge on any atom is -0.354 e. The average Bonchev–Trinajstić information content (AvgIpc) is 2.78. The van der Waals surface area contributed by atoms with E-state index in [4.69, 9.17) is 0 Å². The number of carbonyl (C=O) groups excluding carboxylic acids is 2. The lowest BCUT2D eigenvalue weighted by molar-refractivity contribution is -0.140. The van der Waals surface area contributed by atoms with Gasteiger partial charge in [-0.1, -0.05) is 61.4 Å². The van der Waals surface area contributed by atoms with Gasteiger partial charge in [0.05, 0.1) is 11.9 Å². The Kier molecular flexibility index (Phi) is 10.3. The third-order valence-corrected chi connectivity index (χ3v) is 6.96. The highest BCUT2D eigenvalue weighted by Gasteiger charge is 2.26. The monoisotopic (exact) mass is 501 g/mol. The van der Waals surface area contributed by atoms with E-state index in [-0.39, 0.29) is 24.8 Å². The van der Waals surface area contributed by atoms with Gasteiger partial charge in [0.15, 0.2) is 0 Å². The molecule has 35 heavy (non-hydrogen) atoms. The summed E-state index contributed by atoms with van der Waals surface area (Å²) >= 11 is 0. The van der Waals surface area contributed by atoms with Gasteiger partial charge in [-0.3, -0.25) is 13.9 Å². The molecule has 1 N–H and O–H groups in total. The first kappa shape index (κ1) is 28.4. The Morgan fingerprint density at radius 2 is 1.63 bits per heavy atom. The molecule has 0 heterocycles. The van der Waals surface area contributed by atoms with Crippen LogP contribution in [0.3, 0.4) is 0 Å². The minimum absolute atomic E-state index is 0.130. The zero-order valence-electron chi connectivity index (χ0n) is 21.7. The lowest BCUT2D eigenvalue weighted by Crippen LogP contribution is -2.48. The number of benzene rings is 2. The van der Waals surface area contributed by atoms with E-state index in [0.717, 1.165) is 16.7 Å². The van der Waals surface area contributed by atoms with Crippen molar-refractivity contribution >= 4 is 27.5 Å². The Balaban J connectivity index is 2.15. The van der Waals surface area contributed by atoms with Gasteiger partial charge in [0.2, 0.25) is 21.8 Å². The van der Waals surface area contributed by atoms with Crippen molar-refractivity contribution in [3.05, 3.63) is 65.2 Å². The summed E-state index contributed by atoms with van der Waals surface area (Å²) in [6.45, 7) is 10.7. The zero-order valence-corrected chi connectivity index (χ0v) is 22.6. The number of nitrogens with zero attached hydrogens (tertiary/aromatic N) is 2. The first-order valence-electron chi connectivity index (χ1n) is 12.1. The number of aryl methyl sites for hydroxylation is 2. The van der Waals surface area contributed by atoms with E-state index in [1.54, 1.807) is 24.0 Å². The molecule has 0 aromatic heterocycles. The van der Waals surface area contributed by atoms with E-state index in [2.05, 4.69) is 5.32 Å². The smallest absolute Gasteiger partial charge is 0.242 e. The van der Waals surface area contributed by atoms with Crippen molar-refractivity contribution in [3.63, 3.8) is 0 Å². The Labute approximate surface area is 210 Å². The number of sulfonamides is 1. The summed E-state index contributed by atoms with van der Waals surface area (Å²) in [7, 11) is -3.50. The summed E-state index contributed by atoms with van der Waals surface area (Å²) in [5.41, 5.74) is 3.63. The molecule has 0 fully saturated rings. The van der Waals surface area contributed by atoms with Gasteiger partial charge in [-0.2, -0.15) is 0 Å². The molecule has 0 bridgehead atoms. The van der Waals surface area contributed by atoms with Crippen LogP contribution in [0.1, 0.15) is 50.3 Å². The second-order valence-electron chi connectivity index (χ2n) is 9.60. The van der Waals surface area contributed by atoms with Crippen molar-refractivity contribution in [1.29, 1.82) is 0 Å². The molecule has 0 aliphatic carbocycles. The van der Waals surface area contributed by atoms with Gasteiger partial charge in [-0.25, -0.2) is 8.42 Å². The van der Waals surface area contributed by atoms with Crippen LogP contribution >= 0.6 is 0 Å². The van der Waals surface area contributed by atoms with Crippen LogP contribution in [0.25, 0.3) is 0 Å². The number of hydrogen-bond donors (Lipinski definition) is 1. The predicted octanol–water partition coefficient (Wildman–Crippen LogP) is 4.04. The molecule has 2 aromatic rings. The Morgan fingerprint density at radius 3 is 2.20 bits per heavy atom. The molecule has 0 aliphatic heterocycles. The Morgan fingerprint density at radius 1 is 0.971 bits per heavy atom. The van der Waals surface area contributed by atoms with Crippen molar-refractivity contribution in [3.8, 4) is 0 Å². The molecule has 0 aliphatic rings. The fraction of sp³-hybridized carbons (Fsp3) is 0.481. The third kappa shape index (κ3) is 9.02. The summed E-state index contributed by atoms with van der Waals surface area (Å²) in [6, 6.07) is 14.5. The fourth-order valence-corrected chi connectivity index (χ4v) is 4.72.